The van der Waals surface area contributed by atoms with Gasteiger partial charge in [0.2, 0.25) is 0 Å². The van der Waals surface area contributed by atoms with Gasteiger partial charge in [0.1, 0.15) is 17.5 Å². The lowest BCUT2D eigenvalue weighted by molar-refractivity contribution is 0.838. The van der Waals surface area contributed by atoms with Gasteiger partial charge in [-0.25, -0.2) is 9.97 Å². The van der Waals surface area contributed by atoms with Crippen molar-refractivity contribution in [3.8, 4) is 6.07 Å². The lowest BCUT2D eigenvalue weighted by Gasteiger charge is -2.09. The molecular formula is C15H17N5. The fourth-order valence-corrected chi connectivity index (χ4v) is 1.84. The Labute approximate surface area is 118 Å². The van der Waals surface area contributed by atoms with Crippen LogP contribution in [0.2, 0.25) is 0 Å². The Balaban J connectivity index is 2.27. The normalized spacial score (nSPS) is 9.85. The van der Waals surface area contributed by atoms with Crippen molar-refractivity contribution in [1.29, 1.82) is 5.26 Å². The van der Waals surface area contributed by atoms with Crippen molar-refractivity contribution in [2.45, 2.75) is 19.8 Å². The van der Waals surface area contributed by atoms with Gasteiger partial charge in [-0.1, -0.05) is 13.0 Å². The predicted octanol–water partition coefficient (Wildman–Crippen LogP) is 3.09. The Bertz CT molecular complexity index is 630. The summed E-state index contributed by atoms with van der Waals surface area (Å²) in [6, 6.07) is 11.3. The summed E-state index contributed by atoms with van der Waals surface area (Å²) in [5, 5.41) is 15.2. The highest BCUT2D eigenvalue weighted by Crippen LogP contribution is 2.18. The minimum atomic E-state index is 0.617. The summed E-state index contributed by atoms with van der Waals surface area (Å²) in [5.41, 5.74) is 1.46. The number of benzene rings is 1. The summed E-state index contributed by atoms with van der Waals surface area (Å²) >= 11 is 0. The van der Waals surface area contributed by atoms with E-state index in [0.717, 1.165) is 36.0 Å². The van der Waals surface area contributed by atoms with E-state index in [-0.39, 0.29) is 0 Å². The molecule has 0 atom stereocenters. The van der Waals surface area contributed by atoms with Crippen molar-refractivity contribution in [3.63, 3.8) is 0 Å². The maximum absolute atomic E-state index is 8.91. The van der Waals surface area contributed by atoms with Crippen LogP contribution in [0.5, 0.6) is 0 Å². The Kier molecular flexibility index (Phi) is 4.51. The third-order valence-electron chi connectivity index (χ3n) is 2.77. The molecule has 2 rings (SSSR count). The minimum Gasteiger partial charge on any atom is -0.373 e. The highest BCUT2D eigenvalue weighted by Gasteiger charge is 2.04. The third-order valence-corrected chi connectivity index (χ3v) is 2.77. The van der Waals surface area contributed by atoms with Crippen LogP contribution in [0.4, 0.5) is 17.3 Å². The molecule has 0 unspecified atom stereocenters. The summed E-state index contributed by atoms with van der Waals surface area (Å²) in [7, 11) is 1.83. The highest BCUT2D eigenvalue weighted by molar-refractivity contribution is 5.60. The van der Waals surface area contributed by atoms with E-state index in [1.54, 1.807) is 12.1 Å². The fourth-order valence-electron chi connectivity index (χ4n) is 1.84. The molecule has 5 heteroatoms. The molecule has 0 saturated heterocycles. The van der Waals surface area contributed by atoms with Gasteiger partial charge in [-0.3, -0.25) is 0 Å². The molecule has 0 radical (unpaired) electrons. The van der Waals surface area contributed by atoms with E-state index in [1.807, 2.05) is 25.2 Å². The van der Waals surface area contributed by atoms with Crippen LogP contribution in [0, 0.1) is 11.3 Å². The summed E-state index contributed by atoms with van der Waals surface area (Å²) in [6.07, 6.45) is 1.83. The van der Waals surface area contributed by atoms with Crippen molar-refractivity contribution < 1.29 is 0 Å². The summed E-state index contributed by atoms with van der Waals surface area (Å²) < 4.78 is 0. The Morgan fingerprint density at radius 3 is 2.70 bits per heavy atom. The molecule has 2 N–H and O–H groups in total. The van der Waals surface area contributed by atoms with Gasteiger partial charge in [0, 0.05) is 25.2 Å². The molecule has 1 heterocycles. The average Bonchev–Trinajstić information content (AvgIpc) is 2.47. The van der Waals surface area contributed by atoms with Crippen LogP contribution in [0.1, 0.15) is 24.7 Å². The van der Waals surface area contributed by atoms with Gasteiger partial charge >= 0.3 is 0 Å². The van der Waals surface area contributed by atoms with E-state index in [0.29, 0.717) is 5.56 Å². The van der Waals surface area contributed by atoms with Gasteiger partial charge in [0.15, 0.2) is 0 Å². The van der Waals surface area contributed by atoms with E-state index in [2.05, 4.69) is 33.6 Å². The number of aryl methyl sites for hydroxylation is 1. The first-order valence-electron chi connectivity index (χ1n) is 6.58. The Morgan fingerprint density at radius 2 is 2.00 bits per heavy atom. The van der Waals surface area contributed by atoms with Gasteiger partial charge in [-0.15, -0.1) is 0 Å². The first kappa shape index (κ1) is 13.8. The van der Waals surface area contributed by atoms with Crippen molar-refractivity contribution in [1.82, 2.24) is 9.97 Å². The average molecular weight is 267 g/mol. The topological polar surface area (TPSA) is 73.6 Å². The quantitative estimate of drug-likeness (QED) is 0.870. The maximum Gasteiger partial charge on any atom is 0.136 e. The predicted molar refractivity (Wildman–Crippen MR) is 80.0 cm³/mol. The van der Waals surface area contributed by atoms with Crippen LogP contribution in [0.15, 0.2) is 30.3 Å². The molecule has 2 aromatic rings. The second-order valence-corrected chi connectivity index (χ2v) is 4.37. The third kappa shape index (κ3) is 3.45. The summed E-state index contributed by atoms with van der Waals surface area (Å²) in [5.74, 6) is 2.31. The zero-order chi connectivity index (χ0) is 14.4. The summed E-state index contributed by atoms with van der Waals surface area (Å²) in [4.78, 5) is 8.88. The lowest BCUT2D eigenvalue weighted by Crippen LogP contribution is -2.03. The zero-order valence-corrected chi connectivity index (χ0v) is 11.6. The molecule has 20 heavy (non-hydrogen) atoms. The van der Waals surface area contributed by atoms with E-state index in [4.69, 9.17) is 5.26 Å². The number of aromatic nitrogens is 2. The van der Waals surface area contributed by atoms with Gasteiger partial charge in [-0.2, -0.15) is 5.26 Å². The summed E-state index contributed by atoms with van der Waals surface area (Å²) in [6.45, 7) is 2.10. The molecule has 0 amide bonds. The van der Waals surface area contributed by atoms with Gasteiger partial charge < -0.3 is 10.6 Å². The van der Waals surface area contributed by atoms with E-state index in [9.17, 15) is 0 Å². The number of nitriles is 1. The van der Waals surface area contributed by atoms with Gasteiger partial charge in [0.25, 0.3) is 0 Å². The van der Waals surface area contributed by atoms with Gasteiger partial charge in [-0.05, 0) is 24.6 Å². The van der Waals surface area contributed by atoms with Crippen LogP contribution in [0.25, 0.3) is 0 Å². The van der Waals surface area contributed by atoms with Crippen LogP contribution in [-0.2, 0) is 6.42 Å². The van der Waals surface area contributed by atoms with Crippen molar-refractivity contribution >= 4 is 17.3 Å². The number of nitrogens with zero attached hydrogens (tertiary/aromatic N) is 3. The monoisotopic (exact) mass is 267 g/mol. The second kappa shape index (κ2) is 6.53. The minimum absolute atomic E-state index is 0.617. The number of anilines is 3. The molecule has 1 aromatic carbocycles. The number of hydrogen-bond acceptors (Lipinski definition) is 5. The van der Waals surface area contributed by atoms with Crippen LogP contribution in [0.3, 0.4) is 0 Å². The smallest absolute Gasteiger partial charge is 0.136 e. The van der Waals surface area contributed by atoms with Crippen molar-refractivity contribution in [2.75, 3.05) is 17.7 Å². The molecular weight excluding hydrogens is 250 g/mol. The Hall–Kier alpha value is -2.61. The molecule has 0 aliphatic heterocycles. The van der Waals surface area contributed by atoms with Crippen molar-refractivity contribution in [2.24, 2.45) is 0 Å². The first-order valence-corrected chi connectivity index (χ1v) is 6.58. The number of nitrogens with one attached hydrogen (secondary N) is 2. The van der Waals surface area contributed by atoms with Gasteiger partial charge in [0.05, 0.1) is 11.6 Å². The Morgan fingerprint density at radius 1 is 1.20 bits per heavy atom. The van der Waals surface area contributed by atoms with Crippen molar-refractivity contribution in [3.05, 3.63) is 41.7 Å². The van der Waals surface area contributed by atoms with Crippen LogP contribution >= 0.6 is 0 Å². The SMILES string of the molecule is CCCc1nc(NC)cc(Nc2cccc(C#N)c2)n1. The lowest BCUT2D eigenvalue weighted by atomic mass is 10.2. The number of rotatable bonds is 5. The maximum atomic E-state index is 8.91. The van der Waals surface area contributed by atoms with E-state index in [1.165, 1.54) is 0 Å². The molecule has 0 fully saturated rings. The molecule has 0 spiro atoms. The second-order valence-electron chi connectivity index (χ2n) is 4.37. The highest BCUT2D eigenvalue weighted by atomic mass is 15.1. The largest absolute Gasteiger partial charge is 0.373 e. The molecule has 102 valence electrons. The first-order chi connectivity index (χ1) is 9.75. The zero-order valence-electron chi connectivity index (χ0n) is 11.6. The van der Waals surface area contributed by atoms with E-state index >= 15 is 0 Å². The fraction of sp³-hybridized carbons (Fsp3) is 0.267. The molecule has 0 aliphatic carbocycles. The number of hydrogen-bond donors (Lipinski definition) is 2. The standard InChI is InChI=1S/C15H17N5/c1-3-5-13-19-14(17-2)9-15(20-13)18-12-7-4-6-11(8-12)10-16/h4,6-9H,3,5H2,1-2H3,(H2,17,18,19,20). The molecule has 0 saturated carbocycles. The van der Waals surface area contributed by atoms with E-state index < -0.39 is 0 Å². The van der Waals surface area contributed by atoms with Crippen LogP contribution < -0.4 is 10.6 Å². The molecule has 0 bridgehead atoms. The molecule has 0 aliphatic rings. The van der Waals surface area contributed by atoms with Crippen LogP contribution in [-0.4, -0.2) is 17.0 Å². The molecule has 1 aromatic heterocycles. The molecule has 5 nitrogen and oxygen atoms in total.